The molecule has 4 aromatic rings. The van der Waals surface area contributed by atoms with Crippen molar-refractivity contribution in [3.05, 3.63) is 83.0 Å². The number of pyridine rings is 1. The largest absolute Gasteiger partial charge is 0.465 e. The second-order valence-corrected chi connectivity index (χ2v) is 9.22. The van der Waals surface area contributed by atoms with Crippen LogP contribution in [0.3, 0.4) is 0 Å². The van der Waals surface area contributed by atoms with Gasteiger partial charge >= 0.3 is 6.09 Å². The third kappa shape index (κ3) is 4.02. The Kier molecular flexibility index (Phi) is 5.57. The van der Waals surface area contributed by atoms with Gasteiger partial charge < -0.3 is 5.11 Å². The van der Waals surface area contributed by atoms with E-state index in [9.17, 15) is 14.7 Å². The fraction of sp³-hybridized carbons (Fsp3) is 0.269. The Bertz CT molecular complexity index is 1380. The monoisotopic (exact) mass is 444 g/mol. The Labute approximate surface area is 192 Å². The molecule has 1 amide bonds. The molecule has 0 aliphatic carbocycles. The third-order valence-corrected chi connectivity index (χ3v) is 5.85. The van der Waals surface area contributed by atoms with Gasteiger partial charge in [-0.05, 0) is 56.8 Å². The molecule has 2 aromatic heterocycles. The number of aromatic nitrogens is 3. The van der Waals surface area contributed by atoms with Gasteiger partial charge in [0.2, 0.25) is 0 Å². The van der Waals surface area contributed by atoms with E-state index in [0.717, 1.165) is 16.5 Å². The molecule has 0 aliphatic heterocycles. The predicted molar refractivity (Wildman–Crippen MR) is 130 cm³/mol. The number of benzene rings is 2. The molecular weight excluding hydrogens is 416 g/mol. The van der Waals surface area contributed by atoms with Gasteiger partial charge in [-0.25, -0.2) is 4.79 Å². The number of carboxylic acid groups (broad SMARTS) is 1. The first kappa shape index (κ1) is 22.3. The summed E-state index contributed by atoms with van der Waals surface area (Å²) in [5, 5.41) is 15.6. The van der Waals surface area contributed by atoms with E-state index in [-0.39, 0.29) is 5.56 Å². The van der Waals surface area contributed by atoms with E-state index in [1.807, 2.05) is 95.5 Å². The molecule has 0 fully saturated rings. The number of amides is 1. The highest BCUT2D eigenvalue weighted by Crippen LogP contribution is 2.33. The van der Waals surface area contributed by atoms with Gasteiger partial charge in [-0.15, -0.1) is 0 Å². The maximum atomic E-state index is 14.1. The van der Waals surface area contributed by atoms with Gasteiger partial charge in [0.1, 0.15) is 0 Å². The van der Waals surface area contributed by atoms with Crippen LogP contribution in [0.2, 0.25) is 0 Å². The summed E-state index contributed by atoms with van der Waals surface area (Å²) in [6.45, 7) is 7.38. The number of para-hydroxylation sites is 1. The van der Waals surface area contributed by atoms with Crippen LogP contribution in [0.1, 0.15) is 39.4 Å². The molecule has 0 saturated carbocycles. The first-order valence-electron chi connectivity index (χ1n) is 10.8. The standard InChI is InChI=1S/C26H28N4O3/c1-17(30(25(32)33)26(2,3)4)22-14-18-10-9-13-21(19-15-27-28(5)16-19)23(18)24(31)29(22)20-11-7-6-8-12-20/h6-17H,1-5H3,(H,32,33). The van der Waals surface area contributed by atoms with Crippen molar-refractivity contribution in [1.82, 2.24) is 19.2 Å². The van der Waals surface area contributed by atoms with Crippen LogP contribution in [-0.4, -0.2) is 36.0 Å². The van der Waals surface area contributed by atoms with E-state index in [1.165, 1.54) is 4.90 Å². The lowest BCUT2D eigenvalue weighted by atomic mass is 9.97. The maximum absolute atomic E-state index is 14.1. The van der Waals surface area contributed by atoms with Crippen molar-refractivity contribution in [2.45, 2.75) is 39.3 Å². The van der Waals surface area contributed by atoms with Crippen LogP contribution >= 0.6 is 0 Å². The van der Waals surface area contributed by atoms with Crippen molar-refractivity contribution in [2.75, 3.05) is 0 Å². The Balaban J connectivity index is 2.08. The van der Waals surface area contributed by atoms with Crippen molar-refractivity contribution in [1.29, 1.82) is 0 Å². The highest BCUT2D eigenvalue weighted by atomic mass is 16.4. The van der Waals surface area contributed by atoms with Crippen molar-refractivity contribution in [3.63, 3.8) is 0 Å². The van der Waals surface area contributed by atoms with Crippen molar-refractivity contribution in [2.24, 2.45) is 7.05 Å². The van der Waals surface area contributed by atoms with Crippen LogP contribution in [0.4, 0.5) is 4.79 Å². The smallest absolute Gasteiger partial charge is 0.408 e. The van der Waals surface area contributed by atoms with Gasteiger partial charge in [0.15, 0.2) is 0 Å². The first-order valence-corrected chi connectivity index (χ1v) is 10.8. The molecule has 2 aromatic carbocycles. The summed E-state index contributed by atoms with van der Waals surface area (Å²) in [7, 11) is 1.84. The Morgan fingerprint density at radius 3 is 2.36 bits per heavy atom. The molecular formula is C26H28N4O3. The van der Waals surface area contributed by atoms with Crippen LogP contribution in [0, 0.1) is 0 Å². The fourth-order valence-electron chi connectivity index (χ4n) is 4.50. The summed E-state index contributed by atoms with van der Waals surface area (Å²) < 4.78 is 3.34. The van der Waals surface area contributed by atoms with E-state index in [4.69, 9.17) is 0 Å². The highest BCUT2D eigenvalue weighted by molar-refractivity contribution is 5.96. The molecule has 0 spiro atoms. The summed E-state index contributed by atoms with van der Waals surface area (Å²) in [6.07, 6.45) is 2.58. The minimum atomic E-state index is -1.04. The molecule has 7 nitrogen and oxygen atoms in total. The zero-order chi connectivity index (χ0) is 23.9. The first-order chi connectivity index (χ1) is 15.6. The number of aryl methyl sites for hydroxylation is 1. The molecule has 33 heavy (non-hydrogen) atoms. The van der Waals surface area contributed by atoms with E-state index < -0.39 is 17.7 Å². The average molecular weight is 445 g/mol. The molecule has 2 heterocycles. The Morgan fingerprint density at radius 1 is 1.09 bits per heavy atom. The van der Waals surface area contributed by atoms with E-state index in [0.29, 0.717) is 16.8 Å². The summed E-state index contributed by atoms with van der Waals surface area (Å²) >= 11 is 0. The fourth-order valence-corrected chi connectivity index (χ4v) is 4.50. The molecule has 7 heteroatoms. The topological polar surface area (TPSA) is 80.4 Å². The van der Waals surface area contributed by atoms with Crippen LogP contribution in [0.5, 0.6) is 0 Å². The minimum Gasteiger partial charge on any atom is -0.465 e. The van der Waals surface area contributed by atoms with Gasteiger partial charge in [-0.2, -0.15) is 5.10 Å². The SMILES string of the molecule is CC(c1cc2cccc(-c3cnn(C)c3)c2c(=O)n1-c1ccccc1)N(C(=O)O)C(C)(C)C. The van der Waals surface area contributed by atoms with Crippen molar-refractivity contribution >= 4 is 16.9 Å². The zero-order valence-electron chi connectivity index (χ0n) is 19.5. The van der Waals surface area contributed by atoms with E-state index in [1.54, 1.807) is 15.4 Å². The molecule has 0 radical (unpaired) electrons. The lowest BCUT2D eigenvalue weighted by molar-refractivity contribution is 0.0734. The van der Waals surface area contributed by atoms with Gasteiger partial charge in [-0.1, -0.05) is 36.4 Å². The summed E-state index contributed by atoms with van der Waals surface area (Å²) in [6, 6.07) is 16.4. The maximum Gasteiger partial charge on any atom is 0.408 e. The lowest BCUT2D eigenvalue weighted by Gasteiger charge is -2.39. The van der Waals surface area contributed by atoms with Crippen LogP contribution in [-0.2, 0) is 7.05 Å². The van der Waals surface area contributed by atoms with Crippen molar-refractivity contribution < 1.29 is 9.90 Å². The molecule has 0 bridgehead atoms. The predicted octanol–water partition coefficient (Wildman–Crippen LogP) is 5.23. The summed E-state index contributed by atoms with van der Waals surface area (Å²) in [5.41, 5.74) is 2.09. The number of nitrogens with zero attached hydrogens (tertiary/aromatic N) is 4. The van der Waals surface area contributed by atoms with Gasteiger partial charge in [0, 0.05) is 35.7 Å². The molecule has 4 rings (SSSR count). The number of hydrogen-bond acceptors (Lipinski definition) is 3. The van der Waals surface area contributed by atoms with Gasteiger partial charge in [0.05, 0.1) is 17.6 Å². The molecule has 170 valence electrons. The quantitative estimate of drug-likeness (QED) is 0.467. The Morgan fingerprint density at radius 2 is 1.79 bits per heavy atom. The average Bonchev–Trinajstić information content (AvgIpc) is 3.18. The van der Waals surface area contributed by atoms with E-state index >= 15 is 0 Å². The summed E-state index contributed by atoms with van der Waals surface area (Å²) in [5.74, 6) is 0. The molecule has 1 unspecified atom stereocenters. The van der Waals surface area contributed by atoms with Crippen LogP contribution < -0.4 is 5.56 Å². The highest BCUT2D eigenvalue weighted by Gasteiger charge is 2.33. The van der Waals surface area contributed by atoms with Gasteiger partial charge in [0.25, 0.3) is 5.56 Å². The molecule has 1 atom stereocenters. The minimum absolute atomic E-state index is 0.195. The number of fused-ring (bicyclic) bond motifs is 1. The Hall–Kier alpha value is -3.87. The third-order valence-electron chi connectivity index (χ3n) is 5.85. The second-order valence-electron chi connectivity index (χ2n) is 9.22. The number of carbonyl (C=O) groups is 1. The summed E-state index contributed by atoms with van der Waals surface area (Å²) in [4.78, 5) is 27.7. The normalized spacial score (nSPS) is 12.6. The molecule has 1 N–H and O–H groups in total. The van der Waals surface area contributed by atoms with Crippen molar-refractivity contribution in [3.8, 4) is 16.8 Å². The number of rotatable bonds is 4. The van der Waals surface area contributed by atoms with E-state index in [2.05, 4.69) is 5.10 Å². The lowest BCUT2D eigenvalue weighted by Crippen LogP contribution is -2.47. The molecule has 0 saturated heterocycles. The van der Waals surface area contributed by atoms with Crippen LogP contribution in [0.25, 0.3) is 27.6 Å². The molecule has 0 aliphatic rings. The van der Waals surface area contributed by atoms with Gasteiger partial charge in [-0.3, -0.25) is 18.9 Å². The van der Waals surface area contributed by atoms with Crippen LogP contribution in [0.15, 0.2) is 71.8 Å². The second kappa shape index (κ2) is 8.24. The number of hydrogen-bond donors (Lipinski definition) is 1. The zero-order valence-corrected chi connectivity index (χ0v) is 19.5.